The standard InChI is InChI=1S/C29H25N5O8/c1-15-10-17(33(2)28(38)40-4)7-8-18(15)19-12-21-24(13-23(19)34(3)29(39)41-5)42-32-25(21)26(35)31-22-9-6-16(14-30)11-20(22)27(36)37/h6-13H,1-5H3,(H,31,35)(H,36,37). The van der Waals surface area contributed by atoms with Crippen LogP contribution in [-0.4, -0.2) is 62.6 Å². The Labute approximate surface area is 239 Å². The molecule has 2 N–H and O–H groups in total. The molecule has 0 fully saturated rings. The number of hydrogen-bond acceptors (Lipinski definition) is 9. The molecular formula is C29H25N5O8. The van der Waals surface area contributed by atoms with Crippen molar-refractivity contribution in [1.82, 2.24) is 5.16 Å². The van der Waals surface area contributed by atoms with Gasteiger partial charge in [-0.25, -0.2) is 14.4 Å². The molecule has 13 nitrogen and oxygen atoms in total. The van der Waals surface area contributed by atoms with Gasteiger partial charge < -0.3 is 24.4 Å². The highest BCUT2D eigenvalue weighted by Gasteiger charge is 2.25. The molecule has 0 saturated heterocycles. The van der Waals surface area contributed by atoms with E-state index in [1.807, 2.05) is 13.0 Å². The maximum absolute atomic E-state index is 13.3. The fraction of sp³-hybridized carbons (Fsp3) is 0.172. The summed E-state index contributed by atoms with van der Waals surface area (Å²) < 4.78 is 15.1. The number of carbonyl (C=O) groups excluding carboxylic acids is 3. The number of amides is 3. The molecule has 4 rings (SSSR count). The zero-order valence-electron chi connectivity index (χ0n) is 23.2. The summed E-state index contributed by atoms with van der Waals surface area (Å²) in [5, 5.41) is 25.4. The molecule has 214 valence electrons. The molecule has 0 aliphatic carbocycles. The highest BCUT2D eigenvalue weighted by Crippen LogP contribution is 2.39. The Bertz CT molecular complexity index is 1790. The molecule has 42 heavy (non-hydrogen) atoms. The summed E-state index contributed by atoms with van der Waals surface area (Å²) in [6.07, 6.45) is -1.21. The van der Waals surface area contributed by atoms with E-state index in [1.54, 1.807) is 31.3 Å². The van der Waals surface area contributed by atoms with Crippen molar-refractivity contribution in [3.63, 3.8) is 0 Å². The minimum atomic E-state index is -1.33. The van der Waals surface area contributed by atoms with Crippen LogP contribution in [0.25, 0.3) is 22.1 Å². The van der Waals surface area contributed by atoms with Gasteiger partial charge in [-0.2, -0.15) is 5.26 Å². The van der Waals surface area contributed by atoms with Gasteiger partial charge in [-0.1, -0.05) is 11.2 Å². The van der Waals surface area contributed by atoms with Crippen LogP contribution >= 0.6 is 0 Å². The number of hydrogen-bond donors (Lipinski definition) is 2. The van der Waals surface area contributed by atoms with Gasteiger partial charge in [-0.3, -0.25) is 14.6 Å². The molecule has 0 unspecified atom stereocenters. The van der Waals surface area contributed by atoms with Gasteiger partial charge in [0.1, 0.15) is 0 Å². The number of ether oxygens (including phenoxy) is 2. The van der Waals surface area contributed by atoms with Crippen molar-refractivity contribution in [3.05, 3.63) is 70.9 Å². The predicted octanol–water partition coefficient (Wildman–Crippen LogP) is 5.03. The molecule has 0 saturated carbocycles. The number of nitrogens with one attached hydrogen (secondary N) is 1. The maximum atomic E-state index is 13.3. The van der Waals surface area contributed by atoms with Crippen molar-refractivity contribution in [1.29, 1.82) is 5.26 Å². The number of carboxylic acids is 1. The lowest BCUT2D eigenvalue weighted by molar-refractivity contribution is 0.0698. The second kappa shape index (κ2) is 11.7. The Balaban J connectivity index is 1.84. The van der Waals surface area contributed by atoms with Crippen LogP contribution < -0.4 is 15.1 Å². The number of fused-ring (bicyclic) bond motifs is 1. The molecular weight excluding hydrogens is 546 g/mol. The van der Waals surface area contributed by atoms with E-state index in [1.165, 1.54) is 49.3 Å². The van der Waals surface area contributed by atoms with E-state index in [0.717, 1.165) is 11.6 Å². The quantitative estimate of drug-likeness (QED) is 0.319. The van der Waals surface area contributed by atoms with E-state index in [0.29, 0.717) is 22.5 Å². The fourth-order valence-electron chi connectivity index (χ4n) is 4.35. The number of aromatic nitrogens is 1. The number of nitriles is 1. The molecule has 4 aromatic rings. The highest BCUT2D eigenvalue weighted by atomic mass is 16.5. The van der Waals surface area contributed by atoms with E-state index in [4.69, 9.17) is 19.3 Å². The lowest BCUT2D eigenvalue weighted by Gasteiger charge is -2.22. The van der Waals surface area contributed by atoms with Gasteiger partial charge in [0, 0.05) is 31.4 Å². The Kier molecular flexibility index (Phi) is 8.09. The lowest BCUT2D eigenvalue weighted by atomic mass is 9.96. The molecule has 3 amide bonds. The van der Waals surface area contributed by atoms with Crippen LogP contribution in [0, 0.1) is 18.3 Å². The predicted molar refractivity (Wildman–Crippen MR) is 152 cm³/mol. The number of carboxylic acid groups (broad SMARTS) is 1. The van der Waals surface area contributed by atoms with Gasteiger partial charge in [0.05, 0.1) is 48.2 Å². The van der Waals surface area contributed by atoms with Gasteiger partial charge in [0.2, 0.25) is 0 Å². The number of methoxy groups -OCH3 is 2. The Morgan fingerprint density at radius 3 is 2.26 bits per heavy atom. The Morgan fingerprint density at radius 2 is 1.64 bits per heavy atom. The second-order valence-electron chi connectivity index (χ2n) is 9.09. The topological polar surface area (TPSA) is 175 Å². The van der Waals surface area contributed by atoms with Crippen molar-refractivity contribution < 1.29 is 38.3 Å². The smallest absolute Gasteiger partial charge is 0.413 e. The van der Waals surface area contributed by atoms with E-state index in [9.17, 15) is 24.3 Å². The Hall–Kier alpha value is -5.90. The molecule has 0 radical (unpaired) electrons. The molecule has 0 atom stereocenters. The maximum Gasteiger partial charge on any atom is 0.413 e. The summed E-state index contributed by atoms with van der Waals surface area (Å²) in [5.74, 6) is -2.09. The van der Waals surface area contributed by atoms with E-state index in [-0.39, 0.29) is 33.5 Å². The summed E-state index contributed by atoms with van der Waals surface area (Å²) >= 11 is 0. The third kappa shape index (κ3) is 5.41. The molecule has 0 spiro atoms. The monoisotopic (exact) mass is 571 g/mol. The molecule has 1 aromatic heterocycles. The van der Waals surface area contributed by atoms with Crippen molar-refractivity contribution in [2.75, 3.05) is 43.4 Å². The SMILES string of the molecule is COC(=O)N(C)c1ccc(-c2cc3c(C(=O)Nc4ccc(C#N)cc4C(=O)O)noc3cc2N(C)C(=O)OC)c(C)c1. The van der Waals surface area contributed by atoms with Crippen LogP contribution in [0.1, 0.15) is 32.0 Å². The lowest BCUT2D eigenvalue weighted by Crippen LogP contribution is -2.26. The van der Waals surface area contributed by atoms with Crippen LogP contribution in [-0.2, 0) is 9.47 Å². The van der Waals surface area contributed by atoms with E-state index < -0.39 is 24.1 Å². The number of rotatable bonds is 6. The van der Waals surface area contributed by atoms with Crippen LogP contribution in [0.4, 0.5) is 26.7 Å². The molecule has 0 aliphatic heterocycles. The number of aromatic carboxylic acids is 1. The fourth-order valence-corrected chi connectivity index (χ4v) is 4.35. The van der Waals surface area contributed by atoms with Gasteiger partial charge in [0.25, 0.3) is 5.91 Å². The van der Waals surface area contributed by atoms with Crippen molar-refractivity contribution >= 4 is 52.1 Å². The molecule has 0 aliphatic rings. The summed E-state index contributed by atoms with van der Waals surface area (Å²) in [6, 6.07) is 14.1. The zero-order valence-corrected chi connectivity index (χ0v) is 23.2. The number of benzene rings is 3. The first kappa shape index (κ1) is 29.1. The van der Waals surface area contributed by atoms with Crippen molar-refractivity contribution in [2.24, 2.45) is 0 Å². The normalized spacial score (nSPS) is 10.5. The number of carbonyl (C=O) groups is 4. The van der Waals surface area contributed by atoms with E-state index >= 15 is 0 Å². The zero-order chi connectivity index (χ0) is 30.7. The van der Waals surface area contributed by atoms with E-state index in [2.05, 4.69) is 10.5 Å². The summed E-state index contributed by atoms with van der Waals surface area (Å²) in [5.41, 5.74) is 2.70. The minimum Gasteiger partial charge on any atom is -0.478 e. The van der Waals surface area contributed by atoms with Gasteiger partial charge in [0.15, 0.2) is 11.3 Å². The largest absolute Gasteiger partial charge is 0.478 e. The third-order valence-electron chi connectivity index (χ3n) is 6.58. The number of nitrogens with zero attached hydrogens (tertiary/aromatic N) is 4. The molecule has 0 bridgehead atoms. The minimum absolute atomic E-state index is 0.0360. The van der Waals surface area contributed by atoms with Crippen LogP contribution in [0.3, 0.4) is 0 Å². The van der Waals surface area contributed by atoms with Crippen LogP contribution in [0.5, 0.6) is 0 Å². The second-order valence-corrected chi connectivity index (χ2v) is 9.09. The third-order valence-corrected chi connectivity index (χ3v) is 6.58. The first-order valence-corrected chi connectivity index (χ1v) is 12.3. The molecule has 13 heteroatoms. The summed E-state index contributed by atoms with van der Waals surface area (Å²) in [6.45, 7) is 1.82. The Morgan fingerprint density at radius 1 is 0.952 bits per heavy atom. The van der Waals surface area contributed by atoms with Gasteiger partial charge in [-0.15, -0.1) is 0 Å². The first-order valence-electron chi connectivity index (χ1n) is 12.3. The van der Waals surface area contributed by atoms with Crippen molar-refractivity contribution in [3.8, 4) is 17.2 Å². The molecule has 3 aromatic carbocycles. The summed E-state index contributed by atoms with van der Waals surface area (Å²) in [4.78, 5) is 52.1. The van der Waals surface area contributed by atoms with Gasteiger partial charge >= 0.3 is 18.2 Å². The average molecular weight is 572 g/mol. The first-order chi connectivity index (χ1) is 20.0. The average Bonchev–Trinajstić information content (AvgIpc) is 3.41. The van der Waals surface area contributed by atoms with Crippen LogP contribution in [0.15, 0.2) is 53.1 Å². The highest BCUT2D eigenvalue weighted by molar-refractivity contribution is 6.14. The number of anilines is 3. The van der Waals surface area contributed by atoms with Crippen LogP contribution in [0.2, 0.25) is 0 Å². The summed E-state index contributed by atoms with van der Waals surface area (Å²) in [7, 11) is 5.59. The molecule has 1 heterocycles. The number of aryl methyl sites for hydroxylation is 1. The van der Waals surface area contributed by atoms with Crippen molar-refractivity contribution in [2.45, 2.75) is 6.92 Å². The van der Waals surface area contributed by atoms with Gasteiger partial charge in [-0.05, 0) is 54.4 Å².